The minimum atomic E-state index is -3.37. The van der Waals surface area contributed by atoms with E-state index in [0.717, 1.165) is 4.70 Å². The quantitative estimate of drug-likeness (QED) is 0.631. The van der Waals surface area contributed by atoms with Gasteiger partial charge in [0.05, 0.1) is 24.9 Å². The molecular formula is C17H14Cl2N2O3S2. The Hall–Kier alpha value is -1.67. The zero-order valence-corrected chi connectivity index (χ0v) is 16.9. The normalized spacial score (nSPS) is 11.9. The average Bonchev–Trinajstić information content (AvgIpc) is 3.01. The van der Waals surface area contributed by atoms with Gasteiger partial charge in [0.2, 0.25) is 0 Å². The zero-order chi connectivity index (χ0) is 19.1. The molecule has 5 nitrogen and oxygen atoms in total. The van der Waals surface area contributed by atoms with Crippen LogP contribution in [0, 0.1) is 0 Å². The van der Waals surface area contributed by atoms with Crippen molar-refractivity contribution in [2.75, 3.05) is 5.32 Å². The van der Waals surface area contributed by atoms with Gasteiger partial charge in [0.1, 0.15) is 5.52 Å². The van der Waals surface area contributed by atoms with Gasteiger partial charge in [0.15, 0.2) is 15.0 Å². The van der Waals surface area contributed by atoms with Crippen LogP contribution in [0.25, 0.3) is 10.2 Å². The van der Waals surface area contributed by atoms with E-state index in [2.05, 4.69) is 10.3 Å². The van der Waals surface area contributed by atoms with Crippen LogP contribution in [0.1, 0.15) is 24.2 Å². The van der Waals surface area contributed by atoms with Crippen molar-refractivity contribution in [3.63, 3.8) is 0 Å². The number of hydrogen-bond acceptors (Lipinski definition) is 5. The number of nitrogens with one attached hydrogen (secondary N) is 1. The van der Waals surface area contributed by atoms with Gasteiger partial charge in [-0.2, -0.15) is 0 Å². The lowest BCUT2D eigenvalue weighted by molar-refractivity contribution is 0.102. The van der Waals surface area contributed by atoms with Gasteiger partial charge < -0.3 is 0 Å². The third-order valence-electron chi connectivity index (χ3n) is 3.74. The molecule has 2 aromatic carbocycles. The summed E-state index contributed by atoms with van der Waals surface area (Å²) in [5.74, 6) is -0.389. The van der Waals surface area contributed by atoms with Crippen molar-refractivity contribution < 1.29 is 13.2 Å². The maximum atomic E-state index is 12.4. The third kappa shape index (κ3) is 3.57. The number of thiazole rings is 1. The van der Waals surface area contributed by atoms with Gasteiger partial charge in [-0.25, -0.2) is 13.4 Å². The lowest BCUT2D eigenvalue weighted by Gasteiger charge is -2.08. The van der Waals surface area contributed by atoms with E-state index in [1.807, 2.05) is 0 Å². The number of sulfone groups is 1. The molecule has 0 aliphatic rings. The van der Waals surface area contributed by atoms with E-state index < -0.39 is 15.1 Å². The monoisotopic (exact) mass is 428 g/mol. The van der Waals surface area contributed by atoms with E-state index in [-0.39, 0.29) is 10.8 Å². The second kappa shape index (κ2) is 7.15. The van der Waals surface area contributed by atoms with E-state index in [1.54, 1.807) is 26.0 Å². The number of amides is 1. The number of nitrogens with zero attached hydrogens (tertiary/aromatic N) is 1. The SMILES string of the molecule is CC(C)S(=O)(=O)c1ccc(C(=O)Nc2nc3c(Cl)c(Cl)ccc3s2)cc1. The molecule has 1 N–H and O–H groups in total. The highest BCUT2D eigenvalue weighted by molar-refractivity contribution is 7.92. The molecule has 0 fully saturated rings. The van der Waals surface area contributed by atoms with Gasteiger partial charge in [-0.05, 0) is 50.2 Å². The molecule has 0 bridgehead atoms. The number of hydrogen-bond donors (Lipinski definition) is 1. The topological polar surface area (TPSA) is 76.1 Å². The average molecular weight is 429 g/mol. The van der Waals surface area contributed by atoms with Crippen molar-refractivity contribution in [1.82, 2.24) is 4.98 Å². The molecule has 9 heteroatoms. The fourth-order valence-electron chi connectivity index (χ4n) is 2.23. The Morgan fingerprint density at radius 1 is 1.12 bits per heavy atom. The van der Waals surface area contributed by atoms with Crippen LogP contribution in [0.15, 0.2) is 41.3 Å². The number of fused-ring (bicyclic) bond motifs is 1. The highest BCUT2D eigenvalue weighted by Gasteiger charge is 2.19. The molecule has 1 amide bonds. The van der Waals surface area contributed by atoms with Crippen LogP contribution in [-0.4, -0.2) is 24.6 Å². The molecule has 0 radical (unpaired) electrons. The summed E-state index contributed by atoms with van der Waals surface area (Å²) in [4.78, 5) is 16.9. The summed E-state index contributed by atoms with van der Waals surface area (Å²) >= 11 is 13.4. The Labute approximate surface area is 164 Å². The Kier molecular flexibility index (Phi) is 5.25. The van der Waals surface area contributed by atoms with Crippen molar-refractivity contribution in [2.45, 2.75) is 24.0 Å². The molecule has 1 aromatic heterocycles. The predicted molar refractivity (Wildman–Crippen MR) is 106 cm³/mol. The molecule has 26 heavy (non-hydrogen) atoms. The minimum Gasteiger partial charge on any atom is -0.298 e. The van der Waals surface area contributed by atoms with Gasteiger partial charge in [0.25, 0.3) is 5.91 Å². The zero-order valence-electron chi connectivity index (χ0n) is 13.8. The van der Waals surface area contributed by atoms with E-state index in [0.29, 0.717) is 26.3 Å². The molecular weight excluding hydrogens is 415 g/mol. The first kappa shape index (κ1) is 19.1. The standard InChI is InChI=1S/C17H14Cl2N2O3S2/c1-9(2)26(23,24)11-5-3-10(4-6-11)16(22)21-17-20-15-13(25-17)8-7-12(18)14(15)19/h3-9H,1-2H3,(H,20,21,22). The fourth-order valence-corrected chi connectivity index (χ4v) is 4.57. The van der Waals surface area contributed by atoms with Crippen molar-refractivity contribution in [3.8, 4) is 0 Å². The van der Waals surface area contributed by atoms with Crippen molar-refractivity contribution in [1.29, 1.82) is 0 Å². The lowest BCUT2D eigenvalue weighted by Crippen LogP contribution is -2.15. The highest BCUT2D eigenvalue weighted by Crippen LogP contribution is 2.35. The number of carbonyl (C=O) groups excluding carboxylic acids is 1. The molecule has 1 heterocycles. The number of carbonyl (C=O) groups is 1. The van der Waals surface area contributed by atoms with Crippen LogP contribution in [-0.2, 0) is 9.84 Å². The van der Waals surface area contributed by atoms with Crippen molar-refractivity contribution >= 4 is 65.6 Å². The van der Waals surface area contributed by atoms with E-state index in [1.165, 1.54) is 35.6 Å². The largest absolute Gasteiger partial charge is 0.298 e. The number of aromatic nitrogens is 1. The van der Waals surface area contributed by atoms with Gasteiger partial charge >= 0.3 is 0 Å². The first-order chi connectivity index (χ1) is 12.2. The molecule has 0 unspecified atom stereocenters. The van der Waals surface area contributed by atoms with E-state index >= 15 is 0 Å². The summed E-state index contributed by atoms with van der Waals surface area (Å²) in [5, 5.41) is 3.28. The highest BCUT2D eigenvalue weighted by atomic mass is 35.5. The van der Waals surface area contributed by atoms with Crippen LogP contribution < -0.4 is 5.32 Å². The van der Waals surface area contributed by atoms with Crippen molar-refractivity contribution in [2.24, 2.45) is 0 Å². The van der Waals surface area contributed by atoms with Crippen LogP contribution in [0.5, 0.6) is 0 Å². The molecule has 0 aliphatic carbocycles. The number of halogens is 2. The van der Waals surface area contributed by atoms with E-state index in [4.69, 9.17) is 23.2 Å². The second-order valence-electron chi connectivity index (χ2n) is 5.80. The van der Waals surface area contributed by atoms with Gasteiger partial charge in [-0.15, -0.1) is 0 Å². The first-order valence-corrected chi connectivity index (χ1v) is 10.7. The lowest BCUT2D eigenvalue weighted by atomic mass is 10.2. The maximum Gasteiger partial charge on any atom is 0.257 e. The molecule has 3 rings (SSSR count). The minimum absolute atomic E-state index is 0.186. The summed E-state index contributed by atoms with van der Waals surface area (Å²) in [5.41, 5.74) is 0.855. The molecule has 0 aliphatic heterocycles. The number of anilines is 1. The van der Waals surface area contributed by atoms with Crippen molar-refractivity contribution in [3.05, 3.63) is 52.0 Å². The smallest absolute Gasteiger partial charge is 0.257 e. The molecule has 0 spiro atoms. The molecule has 3 aromatic rings. The molecule has 0 atom stereocenters. The molecule has 136 valence electrons. The van der Waals surface area contributed by atoms with Crippen LogP contribution in [0.4, 0.5) is 5.13 Å². The summed E-state index contributed by atoms with van der Waals surface area (Å²) < 4.78 is 25.1. The number of rotatable bonds is 4. The van der Waals surface area contributed by atoms with Gasteiger partial charge in [-0.1, -0.05) is 34.5 Å². The van der Waals surface area contributed by atoms with Crippen LogP contribution in [0.2, 0.25) is 10.0 Å². The summed E-state index contributed by atoms with van der Waals surface area (Å²) in [7, 11) is -3.37. The van der Waals surface area contributed by atoms with Crippen LogP contribution in [0.3, 0.4) is 0 Å². The summed E-state index contributed by atoms with van der Waals surface area (Å²) in [6.45, 7) is 3.22. The van der Waals surface area contributed by atoms with Gasteiger partial charge in [-0.3, -0.25) is 10.1 Å². The van der Waals surface area contributed by atoms with Gasteiger partial charge in [0, 0.05) is 5.56 Å². The third-order valence-corrected chi connectivity index (χ3v) is 7.64. The van der Waals surface area contributed by atoms with E-state index in [9.17, 15) is 13.2 Å². The molecule has 0 saturated carbocycles. The summed E-state index contributed by atoms with van der Waals surface area (Å²) in [6.07, 6.45) is 0. The Bertz CT molecular complexity index is 1090. The Balaban J connectivity index is 1.83. The molecule has 0 saturated heterocycles. The summed E-state index contributed by atoms with van der Waals surface area (Å²) in [6, 6.07) is 9.26. The second-order valence-corrected chi connectivity index (χ2v) is 10.1. The maximum absolute atomic E-state index is 12.4. The Morgan fingerprint density at radius 2 is 1.77 bits per heavy atom. The fraction of sp³-hybridized carbons (Fsp3) is 0.176. The number of benzene rings is 2. The predicted octanol–water partition coefficient (Wildman–Crippen LogP) is 5.04. The Morgan fingerprint density at radius 3 is 2.38 bits per heavy atom. The van der Waals surface area contributed by atoms with Crippen LogP contribution >= 0.6 is 34.5 Å². The first-order valence-electron chi connectivity index (χ1n) is 7.60.